The summed E-state index contributed by atoms with van der Waals surface area (Å²) in [5.74, 6) is -0.954. The van der Waals surface area contributed by atoms with Gasteiger partial charge in [0.25, 0.3) is 10.0 Å². The lowest BCUT2D eigenvalue weighted by Crippen LogP contribution is -2.31. The Morgan fingerprint density at radius 2 is 1.53 bits per heavy atom. The lowest BCUT2D eigenvalue weighted by atomic mass is 10.1. The molecule has 0 saturated carbocycles. The summed E-state index contributed by atoms with van der Waals surface area (Å²) in [6.07, 6.45) is -4.70. The van der Waals surface area contributed by atoms with Crippen molar-refractivity contribution in [2.45, 2.75) is 17.6 Å². The number of alkyl halides is 3. The van der Waals surface area contributed by atoms with Crippen molar-refractivity contribution in [3.8, 4) is 11.5 Å². The molecule has 4 aromatic rings. The fraction of sp³-hybridized carbons (Fsp3) is 0.161. The summed E-state index contributed by atoms with van der Waals surface area (Å²) >= 11 is 0. The number of carbonyl (C=O) groups excluding carboxylic acids is 2. The van der Waals surface area contributed by atoms with Crippen LogP contribution in [0.5, 0.6) is 11.5 Å². The van der Waals surface area contributed by atoms with Gasteiger partial charge in [-0.15, -0.1) is 0 Å². The summed E-state index contributed by atoms with van der Waals surface area (Å²) in [5.41, 5.74) is -0.790. The molecule has 0 N–H and O–H groups in total. The van der Waals surface area contributed by atoms with E-state index < -0.39 is 40.1 Å². The van der Waals surface area contributed by atoms with Gasteiger partial charge in [-0.25, -0.2) is 13.2 Å². The van der Waals surface area contributed by atoms with Crippen LogP contribution in [0.1, 0.15) is 31.8 Å². The van der Waals surface area contributed by atoms with E-state index in [1.165, 1.54) is 50.6 Å². The van der Waals surface area contributed by atoms with Crippen LogP contribution in [0.2, 0.25) is 0 Å². The van der Waals surface area contributed by atoms with Gasteiger partial charge in [0.1, 0.15) is 11.5 Å². The van der Waals surface area contributed by atoms with Gasteiger partial charge in [0.2, 0.25) is 5.78 Å². The van der Waals surface area contributed by atoms with E-state index in [4.69, 9.17) is 14.2 Å². The lowest BCUT2D eigenvalue weighted by Gasteiger charge is -2.25. The second-order valence-electron chi connectivity index (χ2n) is 9.14. The minimum absolute atomic E-state index is 0.114. The van der Waals surface area contributed by atoms with Gasteiger partial charge in [-0.1, -0.05) is 42.5 Å². The summed E-state index contributed by atoms with van der Waals surface area (Å²) in [4.78, 5) is 25.3. The lowest BCUT2D eigenvalue weighted by molar-refractivity contribution is -0.137. The number of benzene rings is 4. The Morgan fingerprint density at radius 1 is 0.814 bits per heavy atom. The highest BCUT2D eigenvalue weighted by atomic mass is 32.2. The average molecular weight is 614 g/mol. The van der Waals surface area contributed by atoms with Gasteiger partial charge in [-0.05, 0) is 60.2 Å². The Balaban J connectivity index is 1.62. The molecule has 0 aliphatic carbocycles. The van der Waals surface area contributed by atoms with Crippen molar-refractivity contribution in [2.24, 2.45) is 0 Å². The largest absolute Gasteiger partial charge is 0.497 e. The van der Waals surface area contributed by atoms with E-state index in [0.29, 0.717) is 11.3 Å². The molecule has 0 heterocycles. The van der Waals surface area contributed by atoms with Crippen LogP contribution in [0.3, 0.4) is 0 Å². The predicted octanol–water partition coefficient (Wildman–Crippen LogP) is 6.16. The molecule has 0 saturated heterocycles. The first kappa shape index (κ1) is 31.1. The quantitative estimate of drug-likeness (QED) is 0.148. The van der Waals surface area contributed by atoms with Gasteiger partial charge in [0.15, 0.2) is 6.61 Å². The molecule has 43 heavy (non-hydrogen) atoms. The van der Waals surface area contributed by atoms with Crippen LogP contribution in [-0.4, -0.2) is 41.0 Å². The number of ketones is 1. The summed E-state index contributed by atoms with van der Waals surface area (Å²) in [5, 5.41) is 0. The van der Waals surface area contributed by atoms with E-state index >= 15 is 0 Å². The first-order chi connectivity index (χ1) is 20.4. The molecular formula is C31H26F3NO7S. The van der Waals surface area contributed by atoms with E-state index in [1.807, 2.05) is 0 Å². The zero-order valence-corrected chi connectivity index (χ0v) is 23.8. The van der Waals surface area contributed by atoms with Crippen LogP contribution in [0.25, 0.3) is 0 Å². The van der Waals surface area contributed by atoms with E-state index in [9.17, 15) is 31.2 Å². The van der Waals surface area contributed by atoms with Crippen molar-refractivity contribution in [1.29, 1.82) is 0 Å². The van der Waals surface area contributed by atoms with E-state index in [1.54, 1.807) is 36.4 Å². The smallest absolute Gasteiger partial charge is 0.416 e. The number of rotatable bonds is 11. The third-order valence-electron chi connectivity index (χ3n) is 6.33. The number of sulfonamides is 1. The predicted molar refractivity (Wildman–Crippen MR) is 152 cm³/mol. The molecule has 224 valence electrons. The Hall–Kier alpha value is -4.84. The number of esters is 1. The topological polar surface area (TPSA) is 99.2 Å². The Kier molecular flexibility index (Phi) is 9.40. The van der Waals surface area contributed by atoms with Gasteiger partial charge in [0, 0.05) is 0 Å². The molecule has 0 bridgehead atoms. The summed E-state index contributed by atoms with van der Waals surface area (Å²) in [6, 6.07) is 21.7. The second-order valence-corrected chi connectivity index (χ2v) is 11.0. The van der Waals surface area contributed by atoms with Crippen LogP contribution in [0.4, 0.5) is 18.9 Å². The number of anilines is 1. The van der Waals surface area contributed by atoms with Crippen molar-refractivity contribution in [2.75, 3.05) is 25.1 Å². The summed E-state index contributed by atoms with van der Waals surface area (Å²) < 4.78 is 84.5. The molecule has 0 atom stereocenters. The maximum Gasteiger partial charge on any atom is 0.416 e. The zero-order chi connectivity index (χ0) is 31.2. The van der Waals surface area contributed by atoms with Crippen molar-refractivity contribution in [3.05, 3.63) is 119 Å². The van der Waals surface area contributed by atoms with Crippen molar-refractivity contribution in [1.82, 2.24) is 0 Å². The first-order valence-corrected chi connectivity index (χ1v) is 14.1. The second kappa shape index (κ2) is 13.0. The summed E-state index contributed by atoms with van der Waals surface area (Å²) in [6.45, 7) is -0.959. The Labute approximate surface area is 246 Å². The Bertz CT molecular complexity index is 1730. The third-order valence-corrected chi connectivity index (χ3v) is 8.10. The SMILES string of the molecule is COc1ccc(OC)c(C(=O)COC(=O)c2cccc(S(=O)(=O)N(Cc3ccccc3)c3cccc(C(F)(F)F)c3)c2)c1. The van der Waals surface area contributed by atoms with Crippen molar-refractivity contribution in [3.63, 3.8) is 0 Å². The van der Waals surface area contributed by atoms with Gasteiger partial charge < -0.3 is 14.2 Å². The van der Waals surface area contributed by atoms with Gasteiger partial charge in [0.05, 0.1) is 48.0 Å². The normalized spacial score (nSPS) is 11.5. The molecule has 0 spiro atoms. The molecule has 8 nitrogen and oxygen atoms in total. The molecule has 0 aliphatic rings. The fourth-order valence-corrected chi connectivity index (χ4v) is 5.63. The van der Waals surface area contributed by atoms with Gasteiger partial charge in [-0.2, -0.15) is 13.2 Å². The molecule has 4 aromatic carbocycles. The van der Waals surface area contributed by atoms with E-state index in [-0.39, 0.29) is 34.0 Å². The number of carbonyl (C=O) groups is 2. The summed E-state index contributed by atoms with van der Waals surface area (Å²) in [7, 11) is -1.71. The maximum absolute atomic E-state index is 13.9. The standard InChI is InChI=1S/C31H26F3NO7S/c1-40-25-14-15-29(41-2)27(18-25)28(36)20-42-30(37)22-10-6-13-26(16-22)43(38,39)35(19-21-8-4-3-5-9-21)24-12-7-11-23(17-24)31(32,33)34/h3-18H,19-20H2,1-2H3. The zero-order valence-electron chi connectivity index (χ0n) is 23.0. The number of hydrogen-bond donors (Lipinski definition) is 0. The molecule has 4 rings (SSSR count). The number of halogens is 3. The molecule has 12 heteroatoms. The van der Waals surface area contributed by atoms with Gasteiger partial charge >= 0.3 is 12.1 Å². The number of methoxy groups -OCH3 is 2. The molecule has 0 amide bonds. The molecule has 0 fully saturated rings. The Morgan fingerprint density at radius 3 is 2.21 bits per heavy atom. The van der Waals surface area contributed by atoms with E-state index in [2.05, 4.69) is 0 Å². The van der Waals surface area contributed by atoms with Gasteiger partial charge in [-0.3, -0.25) is 9.10 Å². The number of Topliss-reactive ketones (excluding diaryl/α,β-unsaturated/α-hetero) is 1. The van der Waals surface area contributed by atoms with Crippen LogP contribution >= 0.6 is 0 Å². The molecule has 0 aliphatic heterocycles. The number of hydrogen-bond acceptors (Lipinski definition) is 7. The maximum atomic E-state index is 13.9. The highest BCUT2D eigenvalue weighted by molar-refractivity contribution is 7.92. The van der Waals surface area contributed by atoms with Crippen LogP contribution in [-0.2, 0) is 27.5 Å². The average Bonchev–Trinajstić information content (AvgIpc) is 3.02. The first-order valence-electron chi connectivity index (χ1n) is 12.7. The monoisotopic (exact) mass is 613 g/mol. The van der Waals surface area contributed by atoms with Crippen molar-refractivity contribution >= 4 is 27.5 Å². The molecular weight excluding hydrogens is 587 g/mol. The molecule has 0 aromatic heterocycles. The highest BCUT2D eigenvalue weighted by Gasteiger charge is 2.33. The van der Waals surface area contributed by atoms with E-state index in [0.717, 1.165) is 28.6 Å². The van der Waals surface area contributed by atoms with Crippen LogP contribution in [0.15, 0.2) is 102 Å². The molecule has 0 radical (unpaired) electrons. The third kappa shape index (κ3) is 7.33. The minimum atomic E-state index is -4.70. The van der Waals surface area contributed by atoms with Crippen LogP contribution < -0.4 is 13.8 Å². The fourth-order valence-electron chi connectivity index (χ4n) is 4.14. The minimum Gasteiger partial charge on any atom is -0.497 e. The van der Waals surface area contributed by atoms with Crippen LogP contribution in [0, 0.1) is 0 Å². The molecule has 0 unspecified atom stereocenters. The highest BCUT2D eigenvalue weighted by Crippen LogP contribution is 2.34. The number of ether oxygens (including phenoxy) is 3. The number of nitrogens with zero attached hydrogens (tertiary/aromatic N) is 1. The van der Waals surface area contributed by atoms with Crippen molar-refractivity contribution < 1.29 is 45.4 Å².